The molecule has 0 radical (unpaired) electrons. The van der Waals surface area contributed by atoms with Crippen LogP contribution in [0.5, 0.6) is 0 Å². The van der Waals surface area contributed by atoms with Crippen molar-refractivity contribution in [1.29, 1.82) is 0 Å². The van der Waals surface area contributed by atoms with Gasteiger partial charge in [0.1, 0.15) is 0 Å². The summed E-state index contributed by atoms with van der Waals surface area (Å²) < 4.78 is 10.0. The maximum absolute atomic E-state index is 6.07. The van der Waals surface area contributed by atoms with Crippen molar-refractivity contribution in [3.63, 3.8) is 0 Å². The second-order valence-corrected chi connectivity index (χ2v) is 23.9. The molecule has 0 bridgehead atoms. The molecule has 13 aromatic carbocycles. The average molecular weight is 1200 g/mol. The zero-order chi connectivity index (χ0) is 61.8. The molecule has 0 N–H and O–H groups in total. The molecule has 0 atom stereocenters. The van der Waals surface area contributed by atoms with Crippen molar-refractivity contribution in [2.75, 3.05) is 0 Å². The first kappa shape index (κ1) is 53.0. The van der Waals surface area contributed by atoms with Gasteiger partial charge < -0.3 is 18.3 Å². The van der Waals surface area contributed by atoms with Crippen LogP contribution in [0.3, 0.4) is 0 Å². The minimum absolute atomic E-state index is 0.467. The summed E-state index contributed by atoms with van der Waals surface area (Å²) in [7, 11) is 0. The standard InChI is InChI=1S/C85H53N9/c1-5-29-54(30-6-1)66-53-67(87-82(86-66)55-31-7-2-8-32-55)76-78(91-68-45-21-13-37-58(68)59-38-14-22-46-69(59)91)80(93-72-49-25-17-41-62(72)63-42-18-26-50-73(63)93)77(85-89-83(56-33-9-3-10-34-56)88-84(90-85)57-35-11-4-12-36-57)81(94-74-51-27-19-43-64(74)65-44-20-28-52-75(65)94)79(76)92-70-47-23-15-39-60(70)61-40-16-24-48-71(61)92/h1-53H. The molecule has 0 aliphatic carbocycles. The maximum atomic E-state index is 6.07. The van der Waals surface area contributed by atoms with Gasteiger partial charge in [0.25, 0.3) is 0 Å². The number of nitrogens with zero attached hydrogens (tertiary/aromatic N) is 9. The smallest absolute Gasteiger partial charge is 0.168 e. The first-order valence-electron chi connectivity index (χ1n) is 31.8. The molecule has 0 aliphatic rings. The number of hydrogen-bond donors (Lipinski definition) is 0. The molecule has 0 amide bonds. The van der Waals surface area contributed by atoms with Crippen LogP contribution in [-0.4, -0.2) is 43.2 Å². The summed E-state index contributed by atoms with van der Waals surface area (Å²) in [5.74, 6) is 2.11. The number of aromatic nitrogens is 9. The predicted octanol–water partition coefficient (Wildman–Crippen LogP) is 21.1. The number of benzene rings is 13. The monoisotopic (exact) mass is 1200 g/mol. The largest absolute Gasteiger partial charge is 0.306 e. The summed E-state index contributed by atoms with van der Waals surface area (Å²) in [4.78, 5) is 29.1. The van der Waals surface area contributed by atoms with Gasteiger partial charge in [0, 0.05) is 65.3 Å². The Balaban J connectivity index is 1.19. The fraction of sp³-hybridized carbons (Fsp3) is 0. The summed E-state index contributed by atoms with van der Waals surface area (Å²) in [5, 5.41) is 8.75. The Morgan fingerprint density at radius 2 is 0.383 bits per heavy atom. The van der Waals surface area contributed by atoms with Gasteiger partial charge in [-0.2, -0.15) is 0 Å². The van der Waals surface area contributed by atoms with E-state index in [0.29, 0.717) is 29.0 Å². The zero-order valence-corrected chi connectivity index (χ0v) is 50.6. The Labute approximate surface area is 539 Å². The van der Waals surface area contributed by atoms with Gasteiger partial charge in [0.05, 0.1) is 89.4 Å². The maximum Gasteiger partial charge on any atom is 0.168 e. The highest BCUT2D eigenvalue weighted by Gasteiger charge is 2.38. The van der Waals surface area contributed by atoms with E-state index in [1.807, 2.05) is 12.1 Å². The lowest BCUT2D eigenvalue weighted by atomic mass is 9.94. The molecule has 0 aliphatic heterocycles. The quantitative estimate of drug-likeness (QED) is 0.136. The third kappa shape index (κ3) is 8.18. The Morgan fingerprint density at radius 3 is 0.670 bits per heavy atom. The van der Waals surface area contributed by atoms with E-state index in [0.717, 1.165) is 149 Å². The fourth-order valence-corrected chi connectivity index (χ4v) is 14.6. The van der Waals surface area contributed by atoms with Gasteiger partial charge in [-0.1, -0.05) is 267 Å². The van der Waals surface area contributed by atoms with Crippen LogP contribution in [0.15, 0.2) is 322 Å². The van der Waals surface area contributed by atoms with Gasteiger partial charge in [-0.05, 0) is 54.6 Å². The van der Waals surface area contributed by atoms with Crippen LogP contribution in [-0.2, 0) is 0 Å². The molecule has 0 spiro atoms. The molecule has 0 saturated heterocycles. The lowest BCUT2D eigenvalue weighted by Crippen LogP contribution is -2.17. The second-order valence-electron chi connectivity index (χ2n) is 23.9. The second kappa shape index (κ2) is 21.4. The summed E-state index contributed by atoms with van der Waals surface area (Å²) in [5.41, 5.74) is 17.9. The first-order valence-corrected chi connectivity index (χ1v) is 31.8. The summed E-state index contributed by atoms with van der Waals surface area (Å²) in [6.07, 6.45) is 0. The molecule has 9 nitrogen and oxygen atoms in total. The SMILES string of the molecule is c1ccc(-c2cc(-c3c(-n4c5ccccc5c5ccccc54)c(-n4c5ccccc5c5ccccc54)c(-c4nc(-c5ccccc5)nc(-c5ccccc5)n4)c(-n4c5ccccc5c5ccccc54)c3-n3c4ccccc4c4ccccc43)nc(-c3ccccc3)n2)cc1. The summed E-state index contributed by atoms with van der Waals surface area (Å²) >= 11 is 0. The van der Waals surface area contributed by atoms with Crippen LogP contribution in [0.1, 0.15) is 0 Å². The number of fused-ring (bicyclic) bond motifs is 12. The molecule has 94 heavy (non-hydrogen) atoms. The molecule has 9 heteroatoms. The van der Waals surface area contributed by atoms with Crippen LogP contribution in [0, 0.1) is 0 Å². The van der Waals surface area contributed by atoms with Gasteiger partial charge in [-0.25, -0.2) is 24.9 Å². The third-order valence-corrected chi connectivity index (χ3v) is 18.6. The molecule has 19 rings (SSSR count). The Morgan fingerprint density at radius 1 is 0.170 bits per heavy atom. The molecule has 0 fully saturated rings. The normalized spacial score (nSPS) is 11.8. The summed E-state index contributed by atoms with van der Waals surface area (Å²) in [6.45, 7) is 0. The van der Waals surface area contributed by atoms with Crippen LogP contribution < -0.4 is 0 Å². The van der Waals surface area contributed by atoms with E-state index in [4.69, 9.17) is 24.9 Å². The van der Waals surface area contributed by atoms with Crippen molar-refractivity contribution in [3.8, 4) is 90.8 Å². The van der Waals surface area contributed by atoms with E-state index in [1.54, 1.807) is 0 Å². The molecule has 6 aromatic heterocycles. The molecular weight excluding hydrogens is 1150 g/mol. The Bertz CT molecular complexity index is 5260. The minimum atomic E-state index is 0.467. The van der Waals surface area contributed by atoms with Crippen LogP contribution >= 0.6 is 0 Å². The molecule has 0 saturated carbocycles. The van der Waals surface area contributed by atoms with E-state index in [9.17, 15) is 0 Å². The van der Waals surface area contributed by atoms with E-state index < -0.39 is 0 Å². The number of para-hydroxylation sites is 8. The first-order chi connectivity index (χ1) is 46.7. The van der Waals surface area contributed by atoms with Crippen LogP contribution in [0.25, 0.3) is 178 Å². The van der Waals surface area contributed by atoms with Gasteiger partial charge in [-0.15, -0.1) is 0 Å². The highest BCUT2D eigenvalue weighted by atomic mass is 15.1. The fourth-order valence-electron chi connectivity index (χ4n) is 14.6. The molecule has 6 heterocycles. The van der Waals surface area contributed by atoms with E-state index in [-0.39, 0.29) is 0 Å². The van der Waals surface area contributed by atoms with E-state index in [1.165, 1.54) is 0 Å². The van der Waals surface area contributed by atoms with Crippen molar-refractivity contribution in [3.05, 3.63) is 322 Å². The summed E-state index contributed by atoms with van der Waals surface area (Å²) in [6, 6.07) is 114. The van der Waals surface area contributed by atoms with Crippen molar-refractivity contribution in [1.82, 2.24) is 43.2 Å². The predicted molar refractivity (Wildman–Crippen MR) is 385 cm³/mol. The van der Waals surface area contributed by atoms with Gasteiger partial charge in [-0.3, -0.25) is 0 Å². The van der Waals surface area contributed by atoms with Crippen LogP contribution in [0.2, 0.25) is 0 Å². The van der Waals surface area contributed by atoms with E-state index in [2.05, 4.69) is 328 Å². The van der Waals surface area contributed by atoms with Crippen LogP contribution in [0.4, 0.5) is 0 Å². The third-order valence-electron chi connectivity index (χ3n) is 18.6. The molecule has 19 aromatic rings. The zero-order valence-electron chi connectivity index (χ0n) is 50.6. The van der Waals surface area contributed by atoms with Gasteiger partial charge in [0.15, 0.2) is 23.3 Å². The van der Waals surface area contributed by atoms with Gasteiger partial charge in [0.2, 0.25) is 0 Å². The van der Waals surface area contributed by atoms with Crippen molar-refractivity contribution >= 4 is 87.2 Å². The average Bonchev–Trinajstić information content (AvgIpc) is 1.39. The van der Waals surface area contributed by atoms with Crippen molar-refractivity contribution < 1.29 is 0 Å². The lowest BCUT2D eigenvalue weighted by Gasteiger charge is -2.30. The van der Waals surface area contributed by atoms with Crippen molar-refractivity contribution in [2.24, 2.45) is 0 Å². The Kier molecular flexibility index (Phi) is 12.1. The molecular formula is C85H53N9. The lowest BCUT2D eigenvalue weighted by molar-refractivity contribution is 1.02. The van der Waals surface area contributed by atoms with Crippen molar-refractivity contribution in [2.45, 2.75) is 0 Å². The molecule has 438 valence electrons. The Hall–Kier alpha value is -12.9. The highest BCUT2D eigenvalue weighted by molar-refractivity contribution is 6.18. The highest BCUT2D eigenvalue weighted by Crippen LogP contribution is 2.54. The minimum Gasteiger partial charge on any atom is -0.306 e. The number of rotatable bonds is 10. The number of hydrogen-bond acceptors (Lipinski definition) is 5. The molecule has 0 unspecified atom stereocenters. The topological polar surface area (TPSA) is 84.2 Å². The van der Waals surface area contributed by atoms with Gasteiger partial charge >= 0.3 is 0 Å². The van der Waals surface area contributed by atoms with E-state index >= 15 is 0 Å².